The van der Waals surface area contributed by atoms with Crippen molar-refractivity contribution in [3.05, 3.63) is 17.5 Å². The summed E-state index contributed by atoms with van der Waals surface area (Å²) in [4.78, 5) is 8.21. The predicted octanol–water partition coefficient (Wildman–Crippen LogP) is 0.466. The Bertz CT molecular complexity index is 397. The molecule has 2 N–H and O–H groups in total. The van der Waals surface area contributed by atoms with Crippen molar-refractivity contribution in [3.8, 4) is 6.07 Å². The van der Waals surface area contributed by atoms with Crippen LogP contribution in [0.5, 0.6) is 0 Å². The molecule has 17 heavy (non-hydrogen) atoms. The van der Waals surface area contributed by atoms with Crippen molar-refractivity contribution in [3.63, 3.8) is 0 Å². The number of rotatable bonds is 6. The molecular weight excluding hydrogens is 220 g/mol. The summed E-state index contributed by atoms with van der Waals surface area (Å²) < 4.78 is 5.02. The third-order valence-electron chi connectivity index (χ3n) is 2.15. The number of anilines is 1. The minimum atomic E-state index is -0.0710. The monoisotopic (exact) mass is 236 g/mol. The first-order valence-corrected chi connectivity index (χ1v) is 5.31. The van der Waals surface area contributed by atoms with Gasteiger partial charge in [0.2, 0.25) is 5.95 Å². The number of nitriles is 1. The maximum Gasteiger partial charge on any atom is 0.224 e. The van der Waals surface area contributed by atoms with Gasteiger partial charge < -0.3 is 15.2 Å². The van der Waals surface area contributed by atoms with Crippen LogP contribution in [0, 0.1) is 18.3 Å². The molecule has 0 aliphatic rings. The molecule has 0 bridgehead atoms. The lowest BCUT2D eigenvalue weighted by atomic mass is 10.2. The molecule has 0 aliphatic heterocycles. The molecule has 0 saturated heterocycles. The minimum absolute atomic E-state index is 0.0535. The quantitative estimate of drug-likeness (QED) is 0.746. The van der Waals surface area contributed by atoms with Gasteiger partial charge in [-0.25, -0.2) is 9.97 Å². The first-order chi connectivity index (χ1) is 8.19. The van der Waals surface area contributed by atoms with Crippen LogP contribution in [0.2, 0.25) is 0 Å². The Balaban J connectivity index is 2.78. The molecule has 1 aromatic rings. The van der Waals surface area contributed by atoms with E-state index in [0.717, 1.165) is 5.69 Å². The Morgan fingerprint density at radius 2 is 2.35 bits per heavy atom. The van der Waals surface area contributed by atoms with Crippen LogP contribution >= 0.6 is 0 Å². The predicted molar refractivity (Wildman–Crippen MR) is 62.5 cm³/mol. The zero-order chi connectivity index (χ0) is 12.7. The zero-order valence-corrected chi connectivity index (χ0v) is 9.97. The summed E-state index contributed by atoms with van der Waals surface area (Å²) in [5.41, 5.74) is 1.04. The van der Waals surface area contributed by atoms with Crippen molar-refractivity contribution in [2.24, 2.45) is 0 Å². The van der Waals surface area contributed by atoms with Gasteiger partial charge in [-0.1, -0.05) is 0 Å². The van der Waals surface area contributed by atoms with Crippen LogP contribution in [0.4, 0.5) is 5.95 Å². The van der Waals surface area contributed by atoms with Gasteiger partial charge in [0, 0.05) is 19.4 Å². The van der Waals surface area contributed by atoms with E-state index >= 15 is 0 Å². The van der Waals surface area contributed by atoms with Crippen molar-refractivity contribution < 1.29 is 9.84 Å². The average molecular weight is 236 g/mol. The standard InChI is InChI=1S/C11H16N4O2/c1-8-5-10(6-12)15-11(13-8)14-9(3-4-16)7-17-2/h5,9,16H,3-4,7H2,1-2H3,(H,13,14,15). The maximum absolute atomic E-state index is 8.91. The van der Waals surface area contributed by atoms with Crippen molar-refractivity contribution >= 4 is 5.95 Å². The molecule has 0 aromatic carbocycles. The summed E-state index contributed by atoms with van der Waals surface area (Å²) in [5.74, 6) is 0.386. The Morgan fingerprint density at radius 1 is 1.59 bits per heavy atom. The number of aliphatic hydroxyl groups excluding tert-OH is 1. The number of nitrogens with one attached hydrogen (secondary N) is 1. The van der Waals surface area contributed by atoms with Crippen LogP contribution in [0.25, 0.3) is 0 Å². The second kappa shape index (κ2) is 6.78. The number of methoxy groups -OCH3 is 1. The van der Waals surface area contributed by atoms with Crippen molar-refractivity contribution in [2.75, 3.05) is 25.6 Å². The number of aromatic nitrogens is 2. The van der Waals surface area contributed by atoms with Crippen molar-refractivity contribution in [2.45, 2.75) is 19.4 Å². The van der Waals surface area contributed by atoms with Crippen molar-refractivity contribution in [1.82, 2.24) is 9.97 Å². The fourth-order valence-electron chi connectivity index (χ4n) is 1.43. The van der Waals surface area contributed by atoms with Crippen LogP contribution in [-0.4, -0.2) is 41.4 Å². The average Bonchev–Trinajstić information content (AvgIpc) is 2.29. The number of ether oxygens (including phenoxy) is 1. The summed E-state index contributed by atoms with van der Waals surface area (Å²) >= 11 is 0. The molecule has 92 valence electrons. The second-order valence-corrected chi connectivity index (χ2v) is 3.64. The number of nitrogens with zero attached hydrogens (tertiary/aromatic N) is 3. The Kier molecular flexibility index (Phi) is 5.33. The molecule has 6 nitrogen and oxygen atoms in total. The summed E-state index contributed by atoms with van der Waals surface area (Å²) in [5, 5.41) is 20.7. The molecule has 1 aromatic heterocycles. The van der Waals surface area contributed by atoms with Gasteiger partial charge >= 0.3 is 0 Å². The van der Waals surface area contributed by atoms with Crippen LogP contribution in [0.1, 0.15) is 17.8 Å². The van der Waals surface area contributed by atoms with E-state index < -0.39 is 0 Å². The maximum atomic E-state index is 8.91. The summed E-state index contributed by atoms with van der Waals surface area (Å²) in [6.45, 7) is 2.29. The third kappa shape index (κ3) is 4.34. The summed E-state index contributed by atoms with van der Waals surface area (Å²) in [6.07, 6.45) is 0.535. The van der Waals surface area contributed by atoms with E-state index in [1.165, 1.54) is 0 Å². The lowest BCUT2D eigenvalue weighted by molar-refractivity contribution is 0.170. The van der Waals surface area contributed by atoms with Gasteiger partial charge in [-0.05, 0) is 19.4 Å². The van der Waals surface area contributed by atoms with Gasteiger partial charge in [0.05, 0.1) is 12.6 Å². The van der Waals surface area contributed by atoms with Gasteiger partial charge in [0.15, 0.2) is 0 Å². The van der Waals surface area contributed by atoms with E-state index in [4.69, 9.17) is 15.1 Å². The molecule has 1 rings (SSSR count). The van der Waals surface area contributed by atoms with Crippen molar-refractivity contribution in [1.29, 1.82) is 5.26 Å². The van der Waals surface area contributed by atoms with E-state index in [1.54, 1.807) is 20.1 Å². The highest BCUT2D eigenvalue weighted by Crippen LogP contribution is 2.07. The molecule has 0 aliphatic carbocycles. The summed E-state index contributed by atoms with van der Waals surface area (Å²) in [7, 11) is 1.59. The first kappa shape index (κ1) is 13.4. The third-order valence-corrected chi connectivity index (χ3v) is 2.15. The van der Waals surface area contributed by atoms with E-state index in [-0.39, 0.29) is 12.6 Å². The fourth-order valence-corrected chi connectivity index (χ4v) is 1.43. The van der Waals surface area contributed by atoms with Gasteiger partial charge in [0.25, 0.3) is 0 Å². The smallest absolute Gasteiger partial charge is 0.224 e. The minimum Gasteiger partial charge on any atom is -0.396 e. The number of aryl methyl sites for hydroxylation is 1. The van der Waals surface area contributed by atoms with E-state index in [2.05, 4.69) is 15.3 Å². The normalized spacial score (nSPS) is 11.9. The second-order valence-electron chi connectivity index (χ2n) is 3.64. The summed E-state index contributed by atoms with van der Waals surface area (Å²) in [6, 6.07) is 3.52. The Morgan fingerprint density at radius 3 is 2.94 bits per heavy atom. The molecule has 0 amide bonds. The van der Waals surface area contributed by atoms with Gasteiger partial charge in [-0.2, -0.15) is 5.26 Å². The van der Waals surface area contributed by atoms with Gasteiger partial charge in [-0.15, -0.1) is 0 Å². The Hall–Kier alpha value is -1.71. The largest absolute Gasteiger partial charge is 0.396 e. The zero-order valence-electron chi connectivity index (χ0n) is 9.97. The highest BCUT2D eigenvalue weighted by Gasteiger charge is 2.10. The number of hydrogen-bond donors (Lipinski definition) is 2. The van der Waals surface area contributed by atoms with Crippen LogP contribution in [0.15, 0.2) is 6.07 Å². The van der Waals surface area contributed by atoms with Gasteiger partial charge in [-0.3, -0.25) is 0 Å². The molecule has 0 spiro atoms. The van der Waals surface area contributed by atoms with E-state index in [0.29, 0.717) is 24.7 Å². The van der Waals surface area contributed by atoms with Crippen LogP contribution in [-0.2, 0) is 4.74 Å². The molecule has 1 unspecified atom stereocenters. The molecule has 0 radical (unpaired) electrons. The Labute approximate surface area is 100 Å². The molecule has 0 fully saturated rings. The lowest BCUT2D eigenvalue weighted by Crippen LogP contribution is -2.27. The van der Waals surface area contributed by atoms with E-state index in [1.807, 2.05) is 6.07 Å². The lowest BCUT2D eigenvalue weighted by Gasteiger charge is -2.16. The SMILES string of the molecule is COCC(CCO)Nc1nc(C)cc(C#N)n1. The molecule has 1 atom stereocenters. The van der Waals surface area contributed by atoms with Crippen LogP contribution < -0.4 is 5.32 Å². The molecule has 0 saturated carbocycles. The highest BCUT2D eigenvalue weighted by molar-refractivity contribution is 5.33. The topological polar surface area (TPSA) is 91.1 Å². The fraction of sp³-hybridized carbons (Fsp3) is 0.545. The molecular formula is C11H16N4O2. The molecule has 6 heteroatoms. The highest BCUT2D eigenvalue weighted by atomic mass is 16.5. The first-order valence-electron chi connectivity index (χ1n) is 5.31. The van der Waals surface area contributed by atoms with E-state index in [9.17, 15) is 0 Å². The van der Waals surface area contributed by atoms with Crippen LogP contribution in [0.3, 0.4) is 0 Å². The number of hydrogen-bond acceptors (Lipinski definition) is 6. The van der Waals surface area contributed by atoms with Gasteiger partial charge in [0.1, 0.15) is 11.8 Å². The number of aliphatic hydroxyl groups is 1. The molecule has 1 heterocycles.